The van der Waals surface area contributed by atoms with Crippen molar-refractivity contribution in [3.63, 3.8) is 0 Å². The van der Waals surface area contributed by atoms with E-state index in [2.05, 4.69) is 6.92 Å². The van der Waals surface area contributed by atoms with Gasteiger partial charge in [-0.15, -0.1) is 0 Å². The van der Waals surface area contributed by atoms with Crippen molar-refractivity contribution in [1.29, 1.82) is 0 Å². The van der Waals surface area contributed by atoms with E-state index in [1.807, 2.05) is 24.0 Å². The Balaban J connectivity index is 1.50. The van der Waals surface area contributed by atoms with E-state index in [4.69, 9.17) is 13.9 Å². The minimum atomic E-state index is -0.604. The van der Waals surface area contributed by atoms with Crippen molar-refractivity contribution in [1.82, 2.24) is 4.90 Å². The fraction of sp³-hybridized carbons (Fsp3) is 0.565. The predicted molar refractivity (Wildman–Crippen MR) is 110 cm³/mol. The number of hydrogen-bond donors (Lipinski definition) is 0. The SMILES string of the molecule is CCCc1cc(=O)oc2c(C)c(OC(C)C(=O)N3CCC4(CCO4)CC3)ccc12. The first-order valence-electron chi connectivity index (χ1n) is 10.6. The molecule has 3 heterocycles. The Morgan fingerprint density at radius 2 is 2.00 bits per heavy atom. The van der Waals surface area contributed by atoms with Crippen molar-refractivity contribution in [2.24, 2.45) is 0 Å². The predicted octanol–water partition coefficient (Wildman–Crippen LogP) is 3.60. The molecule has 0 bridgehead atoms. The second kappa shape index (κ2) is 7.82. The molecule has 6 heteroatoms. The molecular formula is C23H29NO5. The molecule has 29 heavy (non-hydrogen) atoms. The maximum absolute atomic E-state index is 12.9. The molecule has 2 aliphatic rings. The van der Waals surface area contributed by atoms with E-state index < -0.39 is 6.10 Å². The van der Waals surface area contributed by atoms with Gasteiger partial charge in [0.1, 0.15) is 11.3 Å². The average Bonchev–Trinajstić information content (AvgIpc) is 2.69. The number of benzene rings is 1. The Morgan fingerprint density at radius 1 is 1.28 bits per heavy atom. The number of piperidine rings is 1. The highest BCUT2D eigenvalue weighted by Gasteiger charge is 2.42. The third kappa shape index (κ3) is 3.78. The van der Waals surface area contributed by atoms with Gasteiger partial charge in [-0.1, -0.05) is 13.3 Å². The number of carbonyl (C=O) groups is 1. The highest BCUT2D eigenvalue weighted by molar-refractivity contribution is 5.85. The highest BCUT2D eigenvalue weighted by atomic mass is 16.5. The minimum absolute atomic E-state index is 0.0140. The van der Waals surface area contributed by atoms with Crippen LogP contribution in [0.1, 0.15) is 50.7 Å². The van der Waals surface area contributed by atoms with Gasteiger partial charge in [-0.25, -0.2) is 4.79 Å². The number of likely N-dealkylation sites (tertiary alicyclic amines) is 1. The van der Waals surface area contributed by atoms with E-state index in [9.17, 15) is 9.59 Å². The molecule has 2 aromatic rings. The first-order valence-corrected chi connectivity index (χ1v) is 10.6. The van der Waals surface area contributed by atoms with Crippen molar-refractivity contribution in [3.8, 4) is 5.75 Å². The first-order chi connectivity index (χ1) is 13.9. The summed E-state index contributed by atoms with van der Waals surface area (Å²) in [6.45, 7) is 7.98. The molecular weight excluding hydrogens is 370 g/mol. The van der Waals surface area contributed by atoms with Gasteiger partial charge in [-0.3, -0.25) is 4.79 Å². The summed E-state index contributed by atoms with van der Waals surface area (Å²) in [7, 11) is 0. The Bertz CT molecular complexity index is 965. The number of nitrogens with zero attached hydrogens (tertiary/aromatic N) is 1. The van der Waals surface area contributed by atoms with Crippen molar-refractivity contribution in [3.05, 3.63) is 39.7 Å². The zero-order valence-corrected chi connectivity index (χ0v) is 17.5. The third-order valence-corrected chi connectivity index (χ3v) is 6.32. The molecule has 1 aromatic carbocycles. The van der Waals surface area contributed by atoms with E-state index in [1.165, 1.54) is 0 Å². The molecule has 1 atom stereocenters. The standard InChI is InChI=1S/C23H29NO5/c1-4-5-17-14-20(25)29-21-15(2)19(7-6-18(17)21)28-16(3)22(26)24-11-8-23(9-12-24)10-13-27-23/h6-7,14,16H,4-5,8-13H2,1-3H3. The normalized spacial score (nSPS) is 19.2. The lowest BCUT2D eigenvalue weighted by Crippen LogP contribution is -2.55. The molecule has 0 aliphatic carbocycles. The lowest BCUT2D eigenvalue weighted by Gasteiger charge is -2.47. The Kier molecular flexibility index (Phi) is 5.38. The molecule has 2 fully saturated rings. The van der Waals surface area contributed by atoms with Gasteiger partial charge >= 0.3 is 5.63 Å². The van der Waals surface area contributed by atoms with Crippen LogP contribution in [0.5, 0.6) is 5.75 Å². The van der Waals surface area contributed by atoms with Gasteiger partial charge in [0.15, 0.2) is 6.10 Å². The Morgan fingerprint density at radius 3 is 2.62 bits per heavy atom. The molecule has 0 saturated carbocycles. The summed E-state index contributed by atoms with van der Waals surface area (Å²) in [4.78, 5) is 26.7. The van der Waals surface area contributed by atoms with Gasteiger partial charge in [-0.2, -0.15) is 0 Å². The number of rotatable bonds is 5. The summed E-state index contributed by atoms with van der Waals surface area (Å²) < 4.78 is 17.2. The van der Waals surface area contributed by atoms with Gasteiger partial charge in [0.05, 0.1) is 12.2 Å². The molecule has 0 N–H and O–H groups in total. The fourth-order valence-corrected chi connectivity index (χ4v) is 4.43. The molecule has 1 aromatic heterocycles. The van der Waals surface area contributed by atoms with Crippen LogP contribution in [-0.4, -0.2) is 42.2 Å². The molecule has 1 spiro atoms. The van der Waals surface area contributed by atoms with E-state index in [0.29, 0.717) is 24.4 Å². The van der Waals surface area contributed by atoms with E-state index >= 15 is 0 Å². The van der Waals surface area contributed by atoms with Crippen LogP contribution in [0.4, 0.5) is 0 Å². The number of aryl methyl sites for hydroxylation is 2. The van der Waals surface area contributed by atoms with Crippen LogP contribution in [0.15, 0.2) is 27.4 Å². The van der Waals surface area contributed by atoms with E-state index in [0.717, 1.165) is 55.2 Å². The van der Waals surface area contributed by atoms with Gasteiger partial charge in [-0.05, 0) is 57.2 Å². The molecule has 2 aliphatic heterocycles. The summed E-state index contributed by atoms with van der Waals surface area (Å²) in [6, 6.07) is 5.35. The van der Waals surface area contributed by atoms with Crippen molar-refractivity contribution in [2.75, 3.05) is 19.7 Å². The van der Waals surface area contributed by atoms with Gasteiger partial charge in [0.25, 0.3) is 5.91 Å². The zero-order chi connectivity index (χ0) is 20.6. The summed E-state index contributed by atoms with van der Waals surface area (Å²) in [6.07, 6.45) is 4.05. The quantitative estimate of drug-likeness (QED) is 0.719. The maximum atomic E-state index is 12.9. The van der Waals surface area contributed by atoms with Gasteiger partial charge < -0.3 is 18.8 Å². The topological polar surface area (TPSA) is 69.0 Å². The van der Waals surface area contributed by atoms with Gasteiger partial charge in [0, 0.05) is 30.1 Å². The lowest BCUT2D eigenvalue weighted by atomic mass is 9.84. The number of fused-ring (bicyclic) bond motifs is 1. The maximum Gasteiger partial charge on any atom is 0.336 e. The van der Waals surface area contributed by atoms with Crippen LogP contribution in [0, 0.1) is 6.92 Å². The summed E-state index contributed by atoms with van der Waals surface area (Å²) in [5, 5.41) is 0.928. The van der Waals surface area contributed by atoms with Crippen LogP contribution in [0.2, 0.25) is 0 Å². The second-order valence-electron chi connectivity index (χ2n) is 8.27. The van der Waals surface area contributed by atoms with Crippen LogP contribution >= 0.6 is 0 Å². The Hall–Kier alpha value is -2.34. The number of ether oxygens (including phenoxy) is 2. The summed E-state index contributed by atoms with van der Waals surface area (Å²) >= 11 is 0. The lowest BCUT2D eigenvalue weighted by molar-refractivity contribution is -0.178. The zero-order valence-electron chi connectivity index (χ0n) is 17.5. The summed E-state index contributed by atoms with van der Waals surface area (Å²) in [5.74, 6) is 0.561. The van der Waals surface area contributed by atoms with Crippen LogP contribution in [0.25, 0.3) is 11.0 Å². The number of carbonyl (C=O) groups excluding carboxylic acids is 1. The van der Waals surface area contributed by atoms with Crippen LogP contribution in [0.3, 0.4) is 0 Å². The van der Waals surface area contributed by atoms with Crippen LogP contribution < -0.4 is 10.4 Å². The Labute approximate surface area is 170 Å². The molecule has 1 amide bonds. The largest absolute Gasteiger partial charge is 0.480 e. The van der Waals surface area contributed by atoms with Crippen molar-refractivity contribution >= 4 is 16.9 Å². The molecule has 6 nitrogen and oxygen atoms in total. The molecule has 4 rings (SSSR count). The number of hydrogen-bond acceptors (Lipinski definition) is 5. The van der Waals surface area contributed by atoms with Crippen molar-refractivity contribution in [2.45, 2.75) is 64.6 Å². The smallest absolute Gasteiger partial charge is 0.336 e. The van der Waals surface area contributed by atoms with Crippen LogP contribution in [-0.2, 0) is 16.0 Å². The fourth-order valence-electron chi connectivity index (χ4n) is 4.43. The number of amides is 1. The third-order valence-electron chi connectivity index (χ3n) is 6.32. The summed E-state index contributed by atoms with van der Waals surface area (Å²) in [5.41, 5.74) is 1.94. The molecule has 0 radical (unpaired) electrons. The first kappa shape index (κ1) is 20.0. The van der Waals surface area contributed by atoms with E-state index in [-0.39, 0.29) is 17.1 Å². The average molecular weight is 399 g/mol. The molecule has 1 unspecified atom stereocenters. The molecule has 2 saturated heterocycles. The molecule has 156 valence electrons. The minimum Gasteiger partial charge on any atom is -0.480 e. The van der Waals surface area contributed by atoms with E-state index in [1.54, 1.807) is 13.0 Å². The second-order valence-corrected chi connectivity index (χ2v) is 8.27. The van der Waals surface area contributed by atoms with Crippen molar-refractivity contribution < 1.29 is 18.7 Å². The highest BCUT2D eigenvalue weighted by Crippen LogP contribution is 2.37. The monoisotopic (exact) mass is 399 g/mol. The van der Waals surface area contributed by atoms with Gasteiger partial charge in [0.2, 0.25) is 0 Å².